The molecule has 0 aliphatic rings. The number of hydrogen-bond donors (Lipinski definition) is 1. The number of nitrogens with one attached hydrogen (secondary N) is 1. The van der Waals surface area contributed by atoms with E-state index >= 15 is 0 Å². The summed E-state index contributed by atoms with van der Waals surface area (Å²) in [5.74, 6) is -0.218. The van der Waals surface area contributed by atoms with Crippen molar-refractivity contribution in [3.8, 4) is 0 Å². The minimum Gasteiger partial charge on any atom is -0.313 e. The number of rotatable bonds is 4. The maximum Gasteiger partial charge on any atom is 0.123 e. The van der Waals surface area contributed by atoms with E-state index < -0.39 is 0 Å². The second-order valence-corrected chi connectivity index (χ2v) is 5.09. The molecule has 4 heteroatoms. The highest BCUT2D eigenvalue weighted by Crippen LogP contribution is 2.27. The Balaban J connectivity index is 2.16. The van der Waals surface area contributed by atoms with Gasteiger partial charge in [-0.05, 0) is 55.9 Å². The van der Waals surface area contributed by atoms with Gasteiger partial charge in [-0.1, -0.05) is 11.8 Å². The zero-order valence-electron chi connectivity index (χ0n) is 10.4. The number of benzene rings is 1. The summed E-state index contributed by atoms with van der Waals surface area (Å²) in [5.41, 5.74) is 1.19. The summed E-state index contributed by atoms with van der Waals surface area (Å²) in [7, 11) is 1.93. The van der Waals surface area contributed by atoms with Gasteiger partial charge in [0.15, 0.2) is 0 Å². The van der Waals surface area contributed by atoms with Crippen LogP contribution in [-0.2, 0) is 0 Å². The molecule has 0 aliphatic carbocycles. The number of halogens is 1. The van der Waals surface area contributed by atoms with Crippen molar-refractivity contribution >= 4 is 11.8 Å². The quantitative estimate of drug-likeness (QED) is 0.910. The third-order valence-electron chi connectivity index (χ3n) is 2.73. The van der Waals surface area contributed by atoms with Crippen molar-refractivity contribution in [2.45, 2.75) is 22.9 Å². The number of nitrogens with zero attached hydrogens (tertiary/aromatic N) is 1. The molecule has 2 rings (SSSR count). The summed E-state index contributed by atoms with van der Waals surface area (Å²) >= 11 is 1.53. The maximum absolute atomic E-state index is 12.8. The zero-order valence-corrected chi connectivity index (χ0v) is 11.2. The van der Waals surface area contributed by atoms with E-state index in [1.165, 1.54) is 29.5 Å². The van der Waals surface area contributed by atoms with Crippen molar-refractivity contribution in [2.75, 3.05) is 7.05 Å². The minimum absolute atomic E-state index is 0.218. The molecule has 2 nitrogen and oxygen atoms in total. The fraction of sp³-hybridized carbons (Fsp3) is 0.214. The van der Waals surface area contributed by atoms with Gasteiger partial charge in [-0.2, -0.15) is 0 Å². The Labute approximate surface area is 111 Å². The SMILES string of the molecule is CNC(C)c1ccnc(Sc2ccc(F)cc2)c1. The average molecular weight is 262 g/mol. The lowest BCUT2D eigenvalue weighted by molar-refractivity contribution is 0.626. The lowest BCUT2D eigenvalue weighted by Crippen LogP contribution is -2.12. The molecule has 0 spiro atoms. The van der Waals surface area contributed by atoms with Gasteiger partial charge in [0.25, 0.3) is 0 Å². The topological polar surface area (TPSA) is 24.9 Å². The van der Waals surface area contributed by atoms with Crippen LogP contribution in [0.25, 0.3) is 0 Å². The highest BCUT2D eigenvalue weighted by molar-refractivity contribution is 7.99. The van der Waals surface area contributed by atoms with Crippen LogP contribution < -0.4 is 5.32 Å². The van der Waals surface area contributed by atoms with E-state index in [-0.39, 0.29) is 5.82 Å². The first-order valence-electron chi connectivity index (χ1n) is 5.75. The molecule has 0 amide bonds. The summed E-state index contributed by atoms with van der Waals surface area (Å²) in [4.78, 5) is 5.30. The predicted molar refractivity (Wildman–Crippen MR) is 72.2 cm³/mol. The van der Waals surface area contributed by atoms with Crippen molar-refractivity contribution in [3.05, 3.63) is 54.0 Å². The van der Waals surface area contributed by atoms with Gasteiger partial charge < -0.3 is 5.32 Å². The van der Waals surface area contributed by atoms with Crippen molar-refractivity contribution in [1.29, 1.82) is 0 Å². The third kappa shape index (κ3) is 3.31. The average Bonchev–Trinajstić information content (AvgIpc) is 2.41. The Kier molecular flexibility index (Phi) is 4.33. The first-order chi connectivity index (χ1) is 8.69. The molecule has 0 bridgehead atoms. The molecular formula is C14H15FN2S. The summed E-state index contributed by atoms with van der Waals surface area (Å²) in [6, 6.07) is 10.8. The van der Waals surface area contributed by atoms with Crippen LogP contribution in [0, 0.1) is 5.82 Å². The molecule has 0 saturated heterocycles. The molecule has 2 aromatic rings. The molecular weight excluding hydrogens is 247 g/mol. The molecule has 1 aromatic carbocycles. The fourth-order valence-electron chi connectivity index (χ4n) is 1.54. The Morgan fingerprint density at radius 2 is 1.94 bits per heavy atom. The number of hydrogen-bond acceptors (Lipinski definition) is 3. The summed E-state index contributed by atoms with van der Waals surface area (Å²) in [5, 5.41) is 4.11. The highest BCUT2D eigenvalue weighted by atomic mass is 32.2. The van der Waals surface area contributed by atoms with E-state index in [0.29, 0.717) is 6.04 Å². The molecule has 1 atom stereocenters. The van der Waals surface area contributed by atoms with Crippen LogP contribution in [0.3, 0.4) is 0 Å². The standard InChI is InChI=1S/C14H15FN2S/c1-10(16-2)11-7-8-17-14(9-11)18-13-5-3-12(15)4-6-13/h3-10,16H,1-2H3. The molecule has 0 fully saturated rings. The normalized spacial score (nSPS) is 12.4. The zero-order chi connectivity index (χ0) is 13.0. The molecule has 1 unspecified atom stereocenters. The van der Waals surface area contributed by atoms with Gasteiger partial charge in [0, 0.05) is 17.1 Å². The van der Waals surface area contributed by atoms with Gasteiger partial charge >= 0.3 is 0 Å². The first-order valence-corrected chi connectivity index (χ1v) is 6.57. The smallest absolute Gasteiger partial charge is 0.123 e. The van der Waals surface area contributed by atoms with E-state index in [4.69, 9.17) is 0 Å². The van der Waals surface area contributed by atoms with Crippen LogP contribution in [0.4, 0.5) is 4.39 Å². The monoisotopic (exact) mass is 262 g/mol. The second kappa shape index (κ2) is 5.98. The Bertz CT molecular complexity index is 513. The van der Waals surface area contributed by atoms with E-state index in [9.17, 15) is 4.39 Å². The second-order valence-electron chi connectivity index (χ2n) is 3.99. The maximum atomic E-state index is 12.8. The molecule has 1 aromatic heterocycles. The molecule has 0 aliphatic heterocycles. The summed E-state index contributed by atoms with van der Waals surface area (Å²) in [6.07, 6.45) is 1.80. The van der Waals surface area contributed by atoms with Crippen LogP contribution in [-0.4, -0.2) is 12.0 Å². The lowest BCUT2D eigenvalue weighted by atomic mass is 10.1. The van der Waals surface area contributed by atoms with Crippen LogP contribution in [0.2, 0.25) is 0 Å². The van der Waals surface area contributed by atoms with E-state index in [0.717, 1.165) is 9.92 Å². The van der Waals surface area contributed by atoms with Gasteiger partial charge in [-0.15, -0.1) is 0 Å². The summed E-state index contributed by atoms with van der Waals surface area (Å²) in [6.45, 7) is 2.10. The predicted octanol–water partition coefficient (Wildman–Crippen LogP) is 3.65. The van der Waals surface area contributed by atoms with Crippen LogP contribution in [0.1, 0.15) is 18.5 Å². The van der Waals surface area contributed by atoms with Crippen molar-refractivity contribution in [3.63, 3.8) is 0 Å². The fourth-order valence-corrected chi connectivity index (χ4v) is 2.36. The van der Waals surface area contributed by atoms with Gasteiger partial charge in [0.2, 0.25) is 0 Å². The highest BCUT2D eigenvalue weighted by Gasteiger charge is 2.05. The van der Waals surface area contributed by atoms with Crippen LogP contribution >= 0.6 is 11.8 Å². The Hall–Kier alpha value is -1.39. The Morgan fingerprint density at radius 3 is 2.61 bits per heavy atom. The van der Waals surface area contributed by atoms with Crippen LogP contribution in [0.5, 0.6) is 0 Å². The summed E-state index contributed by atoms with van der Waals surface area (Å²) < 4.78 is 12.8. The number of pyridine rings is 1. The van der Waals surface area contributed by atoms with Gasteiger partial charge in [-0.25, -0.2) is 9.37 Å². The minimum atomic E-state index is -0.218. The molecule has 1 heterocycles. The molecule has 0 saturated carbocycles. The number of aromatic nitrogens is 1. The molecule has 94 valence electrons. The van der Waals surface area contributed by atoms with Crippen molar-refractivity contribution < 1.29 is 4.39 Å². The molecule has 1 N–H and O–H groups in total. The molecule has 18 heavy (non-hydrogen) atoms. The van der Waals surface area contributed by atoms with Crippen molar-refractivity contribution in [1.82, 2.24) is 10.3 Å². The molecule has 0 radical (unpaired) electrons. The van der Waals surface area contributed by atoms with Crippen LogP contribution in [0.15, 0.2) is 52.5 Å². The van der Waals surface area contributed by atoms with E-state index in [1.807, 2.05) is 13.1 Å². The van der Waals surface area contributed by atoms with E-state index in [1.54, 1.807) is 18.3 Å². The van der Waals surface area contributed by atoms with Crippen molar-refractivity contribution in [2.24, 2.45) is 0 Å². The van der Waals surface area contributed by atoms with E-state index in [2.05, 4.69) is 23.3 Å². The first kappa shape index (κ1) is 13.1. The van der Waals surface area contributed by atoms with Gasteiger partial charge in [0.1, 0.15) is 10.8 Å². The third-order valence-corrected chi connectivity index (χ3v) is 3.67. The van der Waals surface area contributed by atoms with Gasteiger partial charge in [-0.3, -0.25) is 0 Å². The van der Waals surface area contributed by atoms with Gasteiger partial charge in [0.05, 0.1) is 0 Å². The Morgan fingerprint density at radius 1 is 1.22 bits per heavy atom. The largest absolute Gasteiger partial charge is 0.313 e. The lowest BCUT2D eigenvalue weighted by Gasteiger charge is -2.11.